The number of piperidine rings is 1. The molecule has 1 aromatic carbocycles. The number of amides is 2. The van der Waals surface area contributed by atoms with Gasteiger partial charge in [-0.15, -0.1) is 0 Å². The maximum absolute atomic E-state index is 13.2. The molecule has 1 aliphatic rings. The number of carbonyl (C=O) groups is 2. The summed E-state index contributed by atoms with van der Waals surface area (Å²) in [6, 6.07) is 12.4. The van der Waals surface area contributed by atoms with Gasteiger partial charge in [-0.05, 0) is 43.7 Å². The number of likely N-dealkylation sites (tertiary alicyclic amines) is 1. The first kappa shape index (κ1) is 19.0. The Morgan fingerprint density at radius 2 is 2.04 bits per heavy atom. The van der Waals surface area contributed by atoms with E-state index >= 15 is 0 Å². The summed E-state index contributed by atoms with van der Waals surface area (Å²) in [5.41, 5.74) is 1.47. The summed E-state index contributed by atoms with van der Waals surface area (Å²) in [7, 11) is 1.92. The van der Waals surface area contributed by atoms with E-state index in [-0.39, 0.29) is 11.8 Å². The van der Waals surface area contributed by atoms with Crippen LogP contribution < -0.4 is 10.6 Å². The van der Waals surface area contributed by atoms with Crippen LogP contribution in [0.25, 0.3) is 0 Å². The number of hydrogen-bond acceptors (Lipinski definition) is 4. The molecule has 2 amide bonds. The van der Waals surface area contributed by atoms with Gasteiger partial charge in [0.1, 0.15) is 6.04 Å². The lowest BCUT2D eigenvalue weighted by Crippen LogP contribution is -2.54. The van der Waals surface area contributed by atoms with Crippen LogP contribution in [-0.4, -0.2) is 53.9 Å². The molecule has 3 rings (SSSR count). The molecule has 0 saturated carbocycles. The number of rotatable bonds is 6. The third kappa shape index (κ3) is 5.14. The quantitative estimate of drug-likeness (QED) is 0.815. The van der Waals surface area contributed by atoms with Crippen molar-refractivity contribution in [2.24, 2.45) is 0 Å². The summed E-state index contributed by atoms with van der Waals surface area (Å²) in [6.45, 7) is 1.39. The van der Waals surface area contributed by atoms with Crippen LogP contribution in [0.2, 0.25) is 0 Å². The maximum Gasteiger partial charge on any atom is 0.251 e. The van der Waals surface area contributed by atoms with Gasteiger partial charge in [-0.25, -0.2) is 0 Å². The molecule has 1 saturated heterocycles. The SMILES string of the molecule is CNC1CCCN(C(=O)C(Cc2cccnc2)NC(=O)c2ccccc2)C1. The van der Waals surface area contributed by atoms with Gasteiger partial charge in [0.2, 0.25) is 5.91 Å². The van der Waals surface area contributed by atoms with Gasteiger partial charge in [0.05, 0.1) is 0 Å². The number of pyridine rings is 1. The Bertz CT molecular complexity index is 751. The Labute approximate surface area is 160 Å². The van der Waals surface area contributed by atoms with Gasteiger partial charge in [0.25, 0.3) is 5.91 Å². The lowest BCUT2D eigenvalue weighted by atomic mass is 10.0. The highest BCUT2D eigenvalue weighted by Crippen LogP contribution is 2.13. The van der Waals surface area contributed by atoms with Crippen LogP contribution in [0.15, 0.2) is 54.9 Å². The molecule has 0 spiro atoms. The molecule has 1 aliphatic heterocycles. The molecule has 2 N–H and O–H groups in total. The molecule has 6 nitrogen and oxygen atoms in total. The average Bonchev–Trinajstić information content (AvgIpc) is 2.74. The van der Waals surface area contributed by atoms with Crippen LogP contribution in [0.4, 0.5) is 0 Å². The highest BCUT2D eigenvalue weighted by molar-refractivity contribution is 5.97. The molecule has 2 atom stereocenters. The predicted octanol–water partition coefficient (Wildman–Crippen LogP) is 1.63. The van der Waals surface area contributed by atoms with Gasteiger partial charge in [-0.2, -0.15) is 0 Å². The first-order valence-corrected chi connectivity index (χ1v) is 9.38. The van der Waals surface area contributed by atoms with Crippen LogP contribution in [0, 0.1) is 0 Å². The standard InChI is InChI=1S/C21H26N4O2/c1-22-18-10-6-12-25(15-18)21(27)19(13-16-7-5-11-23-14-16)24-20(26)17-8-3-2-4-9-17/h2-5,7-9,11,14,18-19,22H,6,10,12-13,15H2,1H3,(H,24,26). The minimum absolute atomic E-state index is 0.0388. The lowest BCUT2D eigenvalue weighted by Gasteiger charge is -2.35. The van der Waals surface area contributed by atoms with Crippen molar-refractivity contribution in [3.63, 3.8) is 0 Å². The Morgan fingerprint density at radius 3 is 2.74 bits per heavy atom. The molecule has 0 radical (unpaired) electrons. The zero-order valence-electron chi connectivity index (χ0n) is 15.6. The summed E-state index contributed by atoms with van der Waals surface area (Å²) in [5, 5.41) is 6.19. The second-order valence-electron chi connectivity index (χ2n) is 6.87. The van der Waals surface area contributed by atoms with E-state index in [4.69, 9.17) is 0 Å². The van der Waals surface area contributed by atoms with Crippen LogP contribution >= 0.6 is 0 Å². The van der Waals surface area contributed by atoms with Gasteiger partial charge in [0.15, 0.2) is 0 Å². The molecular weight excluding hydrogens is 340 g/mol. The summed E-state index contributed by atoms with van der Waals surface area (Å²) >= 11 is 0. The first-order chi connectivity index (χ1) is 13.2. The molecule has 1 aromatic heterocycles. The van der Waals surface area contributed by atoms with Gasteiger partial charge < -0.3 is 15.5 Å². The molecule has 0 bridgehead atoms. The average molecular weight is 366 g/mol. The molecule has 2 aromatic rings. The summed E-state index contributed by atoms with van der Waals surface area (Å²) < 4.78 is 0. The summed E-state index contributed by atoms with van der Waals surface area (Å²) in [6.07, 6.45) is 5.88. The fourth-order valence-electron chi connectivity index (χ4n) is 3.42. The minimum Gasteiger partial charge on any atom is -0.340 e. The monoisotopic (exact) mass is 366 g/mol. The predicted molar refractivity (Wildman–Crippen MR) is 104 cm³/mol. The number of nitrogens with zero attached hydrogens (tertiary/aromatic N) is 2. The third-order valence-electron chi connectivity index (χ3n) is 4.94. The van der Waals surface area contributed by atoms with E-state index in [2.05, 4.69) is 15.6 Å². The van der Waals surface area contributed by atoms with Gasteiger partial charge in [-0.3, -0.25) is 14.6 Å². The second-order valence-corrected chi connectivity index (χ2v) is 6.87. The molecule has 0 aliphatic carbocycles. The van der Waals surface area contributed by atoms with E-state index < -0.39 is 6.04 Å². The van der Waals surface area contributed by atoms with Crippen molar-refractivity contribution in [1.82, 2.24) is 20.5 Å². The van der Waals surface area contributed by atoms with Crippen molar-refractivity contribution in [3.05, 3.63) is 66.0 Å². The lowest BCUT2D eigenvalue weighted by molar-refractivity contribution is -0.134. The van der Waals surface area contributed by atoms with Gasteiger partial charge in [-0.1, -0.05) is 24.3 Å². The van der Waals surface area contributed by atoms with Crippen molar-refractivity contribution < 1.29 is 9.59 Å². The number of likely N-dealkylation sites (N-methyl/N-ethyl adjacent to an activating group) is 1. The van der Waals surface area contributed by atoms with Gasteiger partial charge >= 0.3 is 0 Å². The smallest absolute Gasteiger partial charge is 0.251 e. The molecule has 6 heteroatoms. The van der Waals surface area contributed by atoms with E-state index in [0.29, 0.717) is 24.6 Å². The van der Waals surface area contributed by atoms with Crippen LogP contribution in [0.1, 0.15) is 28.8 Å². The number of aromatic nitrogens is 1. The summed E-state index contributed by atoms with van der Waals surface area (Å²) in [5.74, 6) is -0.275. The van der Waals surface area contributed by atoms with Gasteiger partial charge in [0, 0.05) is 43.5 Å². The molecule has 142 valence electrons. The van der Waals surface area contributed by atoms with Crippen LogP contribution in [-0.2, 0) is 11.2 Å². The Morgan fingerprint density at radius 1 is 1.22 bits per heavy atom. The normalized spacial score (nSPS) is 18.0. The van der Waals surface area contributed by atoms with Crippen LogP contribution in [0.5, 0.6) is 0 Å². The van der Waals surface area contributed by atoms with E-state index in [1.54, 1.807) is 24.5 Å². The van der Waals surface area contributed by atoms with E-state index in [9.17, 15) is 9.59 Å². The largest absolute Gasteiger partial charge is 0.340 e. The van der Waals surface area contributed by atoms with E-state index in [1.165, 1.54) is 0 Å². The highest BCUT2D eigenvalue weighted by Gasteiger charge is 2.30. The van der Waals surface area contributed by atoms with E-state index in [1.807, 2.05) is 42.3 Å². The second kappa shape index (κ2) is 9.28. The molecular formula is C21H26N4O2. The van der Waals surface area contributed by atoms with Crippen molar-refractivity contribution in [2.75, 3.05) is 20.1 Å². The third-order valence-corrected chi connectivity index (χ3v) is 4.94. The van der Waals surface area contributed by atoms with Crippen molar-refractivity contribution in [3.8, 4) is 0 Å². The van der Waals surface area contributed by atoms with E-state index in [0.717, 1.165) is 24.9 Å². The fourth-order valence-corrected chi connectivity index (χ4v) is 3.42. The molecule has 27 heavy (non-hydrogen) atoms. The Balaban J connectivity index is 1.76. The first-order valence-electron chi connectivity index (χ1n) is 9.38. The maximum atomic E-state index is 13.2. The Hall–Kier alpha value is -2.73. The minimum atomic E-state index is -0.613. The number of hydrogen-bond donors (Lipinski definition) is 2. The topological polar surface area (TPSA) is 74.3 Å². The zero-order valence-corrected chi connectivity index (χ0v) is 15.6. The highest BCUT2D eigenvalue weighted by atomic mass is 16.2. The van der Waals surface area contributed by atoms with Crippen molar-refractivity contribution in [2.45, 2.75) is 31.3 Å². The van der Waals surface area contributed by atoms with Crippen molar-refractivity contribution in [1.29, 1.82) is 0 Å². The van der Waals surface area contributed by atoms with Crippen molar-refractivity contribution >= 4 is 11.8 Å². The molecule has 1 fully saturated rings. The van der Waals surface area contributed by atoms with Crippen LogP contribution in [0.3, 0.4) is 0 Å². The number of nitrogens with one attached hydrogen (secondary N) is 2. The molecule has 2 unspecified atom stereocenters. The Kier molecular flexibility index (Phi) is 6.54. The zero-order chi connectivity index (χ0) is 19.1. The number of carbonyl (C=O) groups excluding carboxylic acids is 2. The summed E-state index contributed by atoms with van der Waals surface area (Å²) in [4.78, 5) is 31.8. The molecule has 2 heterocycles. The number of benzene rings is 1. The fraction of sp³-hybridized carbons (Fsp3) is 0.381.